The van der Waals surface area contributed by atoms with Gasteiger partial charge in [0.05, 0.1) is 45.7 Å². The number of halogens is 1. The second kappa shape index (κ2) is 19.2. The highest BCUT2D eigenvalue weighted by Crippen LogP contribution is 2.41. The van der Waals surface area contributed by atoms with E-state index in [1.54, 1.807) is 30.3 Å². The molecule has 0 unspecified atom stereocenters. The number of benzene rings is 4. The van der Waals surface area contributed by atoms with Crippen molar-refractivity contribution >= 4 is 23.5 Å². The van der Waals surface area contributed by atoms with Crippen molar-refractivity contribution < 1.29 is 43.1 Å². The molecule has 0 saturated carbocycles. The van der Waals surface area contributed by atoms with Gasteiger partial charge in [0, 0.05) is 30.5 Å². The molecule has 0 amide bonds. The van der Waals surface area contributed by atoms with Crippen LogP contribution in [0.2, 0.25) is 5.02 Å². The fourth-order valence-electron chi connectivity index (χ4n) is 5.36. The number of aliphatic hydroxyl groups excluding tert-OH is 1. The van der Waals surface area contributed by atoms with Crippen LogP contribution in [-0.4, -0.2) is 61.8 Å². The maximum absolute atomic E-state index is 13.5. The maximum Gasteiger partial charge on any atom is 0.453 e. The second-order valence-electron chi connectivity index (χ2n) is 12.2. The summed E-state index contributed by atoms with van der Waals surface area (Å²) in [5.41, 5.74) is 3.65. The molecular formula is C40H44ClNO9. The van der Waals surface area contributed by atoms with E-state index in [1.165, 1.54) is 0 Å². The first kappa shape index (κ1) is 37.8. The molecule has 4 aromatic carbocycles. The summed E-state index contributed by atoms with van der Waals surface area (Å²) in [6, 6.07) is 31.8. The van der Waals surface area contributed by atoms with E-state index in [2.05, 4.69) is 5.32 Å². The topological polar surface area (TPSA) is 122 Å². The average molecular weight is 718 g/mol. The summed E-state index contributed by atoms with van der Waals surface area (Å²) in [6.45, 7) is 3.82. The first-order valence-corrected chi connectivity index (χ1v) is 17.5. The number of hydrogen-bond acceptors (Lipinski definition) is 10. The first-order chi connectivity index (χ1) is 24.8. The molecule has 0 aromatic heterocycles. The number of carbonyl (C=O) groups is 2. The van der Waals surface area contributed by atoms with Crippen molar-refractivity contribution in [1.29, 1.82) is 0 Å². The molecule has 270 valence electrons. The number of nitrogens with one attached hydrogen (secondary N) is 1. The third-order valence-electron chi connectivity index (χ3n) is 8.04. The molecule has 4 aromatic rings. The van der Waals surface area contributed by atoms with E-state index in [4.69, 9.17) is 40.0 Å². The quantitative estimate of drug-likeness (QED) is 0.0607. The molecule has 1 aliphatic rings. The highest BCUT2D eigenvalue weighted by molar-refractivity contribution is 6.30. The van der Waals surface area contributed by atoms with E-state index in [-0.39, 0.29) is 30.8 Å². The fourth-order valence-corrected chi connectivity index (χ4v) is 5.56. The van der Waals surface area contributed by atoms with Gasteiger partial charge in [0.1, 0.15) is 0 Å². The van der Waals surface area contributed by atoms with E-state index >= 15 is 0 Å². The van der Waals surface area contributed by atoms with Gasteiger partial charge in [-0.15, -0.1) is 0 Å². The van der Waals surface area contributed by atoms with Crippen LogP contribution in [0.5, 0.6) is 11.5 Å². The van der Waals surface area contributed by atoms with Gasteiger partial charge in [0.15, 0.2) is 11.5 Å². The molecule has 51 heavy (non-hydrogen) atoms. The van der Waals surface area contributed by atoms with Crippen LogP contribution in [0.3, 0.4) is 0 Å². The Bertz CT molecular complexity index is 1620. The molecule has 0 saturated heterocycles. The van der Waals surface area contributed by atoms with E-state index in [0.29, 0.717) is 57.3 Å². The van der Waals surface area contributed by atoms with Gasteiger partial charge >= 0.3 is 17.7 Å². The summed E-state index contributed by atoms with van der Waals surface area (Å²) < 4.78 is 34.2. The van der Waals surface area contributed by atoms with Crippen LogP contribution in [0.1, 0.15) is 48.1 Å². The zero-order chi connectivity index (χ0) is 35.9. The molecule has 11 heteroatoms. The third-order valence-corrected chi connectivity index (χ3v) is 8.28. The number of fused-ring (bicyclic) bond motifs is 1. The minimum atomic E-state index is -2.46. The molecule has 0 aliphatic carbocycles. The molecule has 0 spiro atoms. The van der Waals surface area contributed by atoms with Gasteiger partial charge in [0.2, 0.25) is 0 Å². The van der Waals surface area contributed by atoms with Crippen molar-refractivity contribution in [1.82, 2.24) is 5.32 Å². The lowest BCUT2D eigenvalue weighted by Gasteiger charge is -2.23. The predicted octanol–water partition coefficient (Wildman–Crippen LogP) is 6.36. The SMILES string of the molecule is C[C@H](Cc1ccc2c(c1)OC(C(=O)OCCCOCc1ccccc1)(C(=O)OCCCOCc1ccccc1)O2)NC[C@H](O)c1cccc(Cl)c1. The van der Waals surface area contributed by atoms with Crippen LogP contribution < -0.4 is 14.8 Å². The molecule has 5 rings (SSSR count). The lowest BCUT2D eigenvalue weighted by Crippen LogP contribution is -2.56. The molecule has 2 atom stereocenters. The Balaban J connectivity index is 1.15. The highest BCUT2D eigenvalue weighted by atomic mass is 35.5. The van der Waals surface area contributed by atoms with Crippen molar-refractivity contribution in [3.63, 3.8) is 0 Å². The van der Waals surface area contributed by atoms with E-state index < -0.39 is 23.8 Å². The maximum atomic E-state index is 13.5. The lowest BCUT2D eigenvalue weighted by atomic mass is 10.1. The van der Waals surface area contributed by atoms with Crippen LogP contribution in [0.15, 0.2) is 103 Å². The Kier molecular flexibility index (Phi) is 14.3. The van der Waals surface area contributed by atoms with Crippen molar-refractivity contribution in [2.24, 2.45) is 0 Å². The fraction of sp³-hybridized carbons (Fsp3) is 0.350. The Labute approximate surface area is 303 Å². The molecule has 10 nitrogen and oxygen atoms in total. The van der Waals surface area contributed by atoms with Crippen LogP contribution >= 0.6 is 11.6 Å². The number of rotatable bonds is 20. The van der Waals surface area contributed by atoms with Gasteiger partial charge in [0.25, 0.3) is 0 Å². The molecule has 0 radical (unpaired) electrons. The van der Waals surface area contributed by atoms with Gasteiger partial charge in [-0.3, -0.25) is 0 Å². The van der Waals surface area contributed by atoms with Crippen LogP contribution in [-0.2, 0) is 48.2 Å². The van der Waals surface area contributed by atoms with Crippen molar-refractivity contribution in [3.8, 4) is 11.5 Å². The monoisotopic (exact) mass is 717 g/mol. The predicted molar refractivity (Wildman–Crippen MR) is 191 cm³/mol. The van der Waals surface area contributed by atoms with Gasteiger partial charge in [-0.05, 0) is 59.9 Å². The summed E-state index contributed by atoms with van der Waals surface area (Å²) in [7, 11) is 0. The van der Waals surface area contributed by atoms with Gasteiger partial charge in [-0.25, -0.2) is 9.59 Å². The minimum Gasteiger partial charge on any atom is -0.459 e. The number of ether oxygens (including phenoxy) is 6. The Morgan fingerprint density at radius 3 is 1.90 bits per heavy atom. The highest BCUT2D eigenvalue weighted by Gasteiger charge is 2.59. The first-order valence-electron chi connectivity index (χ1n) is 17.1. The molecule has 0 fully saturated rings. The molecule has 0 bridgehead atoms. The molecule has 1 aliphatic heterocycles. The third kappa shape index (κ3) is 11.3. The summed E-state index contributed by atoms with van der Waals surface area (Å²) in [6.07, 6.45) is 0.631. The van der Waals surface area contributed by atoms with Gasteiger partial charge in [-0.2, -0.15) is 0 Å². The normalized spacial score (nSPS) is 14.1. The smallest absolute Gasteiger partial charge is 0.453 e. The Morgan fingerprint density at radius 2 is 1.31 bits per heavy atom. The summed E-state index contributed by atoms with van der Waals surface area (Å²) in [5.74, 6) is -4.06. The average Bonchev–Trinajstić information content (AvgIpc) is 3.54. The Morgan fingerprint density at radius 1 is 0.725 bits per heavy atom. The van der Waals surface area contributed by atoms with E-state index in [9.17, 15) is 14.7 Å². The summed E-state index contributed by atoms with van der Waals surface area (Å²) in [5, 5.41) is 14.5. The number of carbonyl (C=O) groups excluding carboxylic acids is 2. The number of hydrogen-bond donors (Lipinski definition) is 2. The van der Waals surface area contributed by atoms with Crippen LogP contribution in [0.4, 0.5) is 0 Å². The number of esters is 2. The van der Waals surface area contributed by atoms with E-state index in [1.807, 2.05) is 79.7 Å². The van der Waals surface area contributed by atoms with Crippen LogP contribution in [0, 0.1) is 0 Å². The standard InChI is InChI=1S/C40H44ClNO9/c1-29(42-26-35(43)33-15-8-16-34(41)25-33)23-32-17-18-36-37(24-32)51-40(50-36,38(44)48-21-9-19-46-27-30-11-4-2-5-12-30)39(45)49-22-10-20-47-28-31-13-6-3-7-14-31/h2-8,11-18,24-25,29,35,42-43H,9-10,19-23,26-28H2,1H3/t29-,35+/m1/s1. The van der Waals surface area contributed by atoms with Crippen LogP contribution in [0.25, 0.3) is 0 Å². The van der Waals surface area contributed by atoms with Crippen molar-refractivity contribution in [3.05, 3.63) is 130 Å². The molecule has 2 N–H and O–H groups in total. The zero-order valence-corrected chi connectivity index (χ0v) is 29.4. The largest absolute Gasteiger partial charge is 0.459 e. The summed E-state index contributed by atoms with van der Waals surface area (Å²) >= 11 is 6.07. The van der Waals surface area contributed by atoms with Crippen molar-refractivity contribution in [2.75, 3.05) is 33.0 Å². The minimum absolute atomic E-state index is 0.0193. The zero-order valence-electron chi connectivity index (χ0n) is 28.6. The van der Waals surface area contributed by atoms with Gasteiger partial charge in [-0.1, -0.05) is 90.5 Å². The number of aliphatic hydroxyl groups is 1. The van der Waals surface area contributed by atoms with Crippen molar-refractivity contribution in [2.45, 2.75) is 57.3 Å². The van der Waals surface area contributed by atoms with E-state index in [0.717, 1.165) is 22.3 Å². The second-order valence-corrected chi connectivity index (χ2v) is 12.7. The van der Waals surface area contributed by atoms with Gasteiger partial charge < -0.3 is 38.8 Å². The molecule has 1 heterocycles. The molecular weight excluding hydrogens is 674 g/mol. The lowest BCUT2D eigenvalue weighted by molar-refractivity contribution is -0.203. The Hall–Kier alpha value is -4.45. The summed E-state index contributed by atoms with van der Waals surface area (Å²) in [4.78, 5) is 27.0.